The Morgan fingerprint density at radius 1 is 1.29 bits per heavy atom. The van der Waals surface area contributed by atoms with Gasteiger partial charge in [0.25, 0.3) is 5.91 Å². The molecule has 2 unspecified atom stereocenters. The molecule has 0 radical (unpaired) electrons. The van der Waals surface area contributed by atoms with Gasteiger partial charge in [0.15, 0.2) is 6.61 Å². The zero-order chi connectivity index (χ0) is 15.2. The number of hydrogen-bond acceptors (Lipinski definition) is 3. The van der Waals surface area contributed by atoms with Crippen molar-refractivity contribution in [2.24, 2.45) is 5.92 Å². The summed E-state index contributed by atoms with van der Waals surface area (Å²) in [6, 6.07) is 5.68. The third-order valence-corrected chi connectivity index (χ3v) is 3.89. The van der Waals surface area contributed by atoms with Gasteiger partial charge in [-0.15, -0.1) is 0 Å². The molecule has 1 N–H and O–H groups in total. The largest absolute Gasteiger partial charge is 0.452 e. The second kappa shape index (κ2) is 7.20. The van der Waals surface area contributed by atoms with E-state index in [0.717, 1.165) is 19.3 Å². The lowest BCUT2D eigenvalue weighted by Crippen LogP contribution is -2.42. The molecule has 1 amide bonds. The summed E-state index contributed by atoms with van der Waals surface area (Å²) in [5, 5.41) is 2.88. The number of amides is 1. The quantitative estimate of drug-likeness (QED) is 0.868. The Balaban J connectivity index is 1.81. The number of hydrogen-bond donors (Lipinski definition) is 1. The van der Waals surface area contributed by atoms with Gasteiger partial charge in [0.2, 0.25) is 0 Å². The highest BCUT2D eigenvalue weighted by Gasteiger charge is 2.23. The van der Waals surface area contributed by atoms with Crippen molar-refractivity contribution >= 4 is 11.9 Å². The number of carbonyl (C=O) groups is 2. The molecular weight excluding hydrogens is 273 g/mol. The lowest BCUT2D eigenvalue weighted by molar-refractivity contribution is -0.125. The molecule has 1 aliphatic carbocycles. The van der Waals surface area contributed by atoms with Crippen LogP contribution in [0.25, 0.3) is 0 Å². The Hall–Kier alpha value is -1.91. The van der Waals surface area contributed by atoms with Crippen molar-refractivity contribution in [2.75, 3.05) is 6.61 Å². The van der Waals surface area contributed by atoms with Gasteiger partial charge in [-0.25, -0.2) is 9.18 Å². The standard InChI is InChI=1S/C16H20FNO3/c1-11-6-2-5-9-14(11)18-15(19)10-21-16(20)12-7-3-4-8-13(12)17/h3-4,7-8,11,14H,2,5-6,9-10H2,1H3,(H,18,19). The minimum Gasteiger partial charge on any atom is -0.452 e. The maximum Gasteiger partial charge on any atom is 0.341 e. The molecule has 1 aliphatic rings. The first kappa shape index (κ1) is 15.5. The third-order valence-electron chi connectivity index (χ3n) is 3.89. The van der Waals surface area contributed by atoms with Gasteiger partial charge in [0, 0.05) is 6.04 Å². The first-order valence-electron chi connectivity index (χ1n) is 7.29. The van der Waals surface area contributed by atoms with Gasteiger partial charge in [-0.05, 0) is 30.9 Å². The van der Waals surface area contributed by atoms with E-state index in [1.165, 1.54) is 24.6 Å². The van der Waals surface area contributed by atoms with Crippen molar-refractivity contribution < 1.29 is 18.7 Å². The highest BCUT2D eigenvalue weighted by atomic mass is 19.1. The van der Waals surface area contributed by atoms with Crippen molar-refractivity contribution in [3.05, 3.63) is 35.6 Å². The maximum atomic E-state index is 13.4. The summed E-state index contributed by atoms with van der Waals surface area (Å²) in [5.41, 5.74) is -0.156. The molecule has 1 fully saturated rings. The summed E-state index contributed by atoms with van der Waals surface area (Å²) in [4.78, 5) is 23.5. The van der Waals surface area contributed by atoms with Gasteiger partial charge in [0.05, 0.1) is 5.56 Å². The summed E-state index contributed by atoms with van der Waals surface area (Å²) in [5.74, 6) is -1.37. The zero-order valence-corrected chi connectivity index (χ0v) is 12.1. The fourth-order valence-corrected chi connectivity index (χ4v) is 2.61. The highest BCUT2D eigenvalue weighted by Crippen LogP contribution is 2.23. The molecule has 2 rings (SSSR count). The van der Waals surface area contributed by atoms with Crippen LogP contribution in [0.5, 0.6) is 0 Å². The van der Waals surface area contributed by atoms with E-state index < -0.39 is 11.8 Å². The van der Waals surface area contributed by atoms with Crippen molar-refractivity contribution in [1.82, 2.24) is 5.32 Å². The summed E-state index contributed by atoms with van der Waals surface area (Å²) < 4.78 is 18.2. The lowest BCUT2D eigenvalue weighted by atomic mass is 9.86. The Labute approximate surface area is 123 Å². The van der Waals surface area contributed by atoms with Gasteiger partial charge in [-0.2, -0.15) is 0 Å². The molecule has 4 nitrogen and oxygen atoms in total. The predicted octanol–water partition coefficient (Wildman–Crippen LogP) is 2.68. The van der Waals surface area contributed by atoms with Crippen LogP contribution >= 0.6 is 0 Å². The summed E-state index contributed by atoms with van der Waals surface area (Å²) >= 11 is 0. The molecule has 0 spiro atoms. The summed E-state index contributed by atoms with van der Waals surface area (Å²) in [6.07, 6.45) is 4.34. The van der Waals surface area contributed by atoms with Gasteiger partial charge in [-0.3, -0.25) is 4.79 Å². The van der Waals surface area contributed by atoms with E-state index in [9.17, 15) is 14.0 Å². The molecule has 0 aromatic heterocycles. The highest BCUT2D eigenvalue weighted by molar-refractivity contribution is 5.91. The van der Waals surface area contributed by atoms with E-state index in [0.29, 0.717) is 5.92 Å². The van der Waals surface area contributed by atoms with Crippen LogP contribution in [0.4, 0.5) is 4.39 Å². The second-order valence-corrected chi connectivity index (χ2v) is 5.49. The molecule has 5 heteroatoms. The van der Waals surface area contributed by atoms with Crippen LogP contribution in [0.1, 0.15) is 43.0 Å². The number of nitrogens with one attached hydrogen (secondary N) is 1. The molecule has 114 valence electrons. The van der Waals surface area contributed by atoms with Crippen molar-refractivity contribution in [3.8, 4) is 0 Å². The average molecular weight is 293 g/mol. The van der Waals surface area contributed by atoms with Gasteiger partial charge in [0.1, 0.15) is 5.82 Å². The minimum absolute atomic E-state index is 0.137. The third kappa shape index (κ3) is 4.28. The minimum atomic E-state index is -0.819. The normalized spacial score (nSPS) is 21.6. The van der Waals surface area contributed by atoms with Crippen molar-refractivity contribution in [2.45, 2.75) is 38.6 Å². The summed E-state index contributed by atoms with van der Waals surface area (Å²) in [7, 11) is 0. The van der Waals surface area contributed by atoms with Crippen LogP contribution in [0.15, 0.2) is 24.3 Å². The monoisotopic (exact) mass is 293 g/mol. The zero-order valence-electron chi connectivity index (χ0n) is 12.1. The predicted molar refractivity (Wildman–Crippen MR) is 76.2 cm³/mol. The number of benzene rings is 1. The molecule has 1 aromatic carbocycles. The van der Waals surface area contributed by atoms with Crippen molar-refractivity contribution in [3.63, 3.8) is 0 Å². The number of carbonyl (C=O) groups excluding carboxylic acids is 2. The van der Waals surface area contributed by atoms with Gasteiger partial charge in [-0.1, -0.05) is 31.9 Å². The van der Waals surface area contributed by atoms with Crippen LogP contribution in [-0.4, -0.2) is 24.5 Å². The molecule has 21 heavy (non-hydrogen) atoms. The topological polar surface area (TPSA) is 55.4 Å². The Morgan fingerprint density at radius 2 is 2.00 bits per heavy atom. The first-order chi connectivity index (χ1) is 10.1. The summed E-state index contributed by atoms with van der Waals surface area (Å²) in [6.45, 7) is 1.73. The van der Waals surface area contributed by atoms with E-state index in [1.54, 1.807) is 6.07 Å². The molecule has 0 bridgehead atoms. The molecule has 0 heterocycles. The molecule has 0 saturated heterocycles. The molecule has 1 aromatic rings. The molecule has 2 atom stereocenters. The second-order valence-electron chi connectivity index (χ2n) is 5.49. The Kier molecular flexibility index (Phi) is 5.31. The lowest BCUT2D eigenvalue weighted by Gasteiger charge is -2.29. The first-order valence-corrected chi connectivity index (χ1v) is 7.29. The molecular formula is C16H20FNO3. The number of esters is 1. The fraction of sp³-hybridized carbons (Fsp3) is 0.500. The fourth-order valence-electron chi connectivity index (χ4n) is 2.61. The van der Waals surface area contributed by atoms with Crippen molar-refractivity contribution in [1.29, 1.82) is 0 Å². The van der Waals surface area contributed by atoms with E-state index in [1.807, 2.05) is 0 Å². The SMILES string of the molecule is CC1CCCCC1NC(=O)COC(=O)c1ccccc1F. The van der Waals surface area contributed by atoms with E-state index in [4.69, 9.17) is 4.74 Å². The maximum absolute atomic E-state index is 13.4. The van der Waals surface area contributed by atoms with Gasteiger partial charge >= 0.3 is 5.97 Å². The number of halogens is 1. The van der Waals surface area contributed by atoms with Crippen LogP contribution < -0.4 is 5.32 Å². The smallest absolute Gasteiger partial charge is 0.341 e. The number of rotatable bonds is 4. The molecule has 0 aliphatic heterocycles. The Bertz CT molecular complexity index is 518. The van der Waals surface area contributed by atoms with E-state index in [2.05, 4.69) is 12.2 Å². The van der Waals surface area contributed by atoms with E-state index in [-0.39, 0.29) is 24.1 Å². The number of ether oxygens (including phenoxy) is 1. The molecule has 1 saturated carbocycles. The van der Waals surface area contributed by atoms with Crippen LogP contribution in [-0.2, 0) is 9.53 Å². The van der Waals surface area contributed by atoms with Gasteiger partial charge < -0.3 is 10.1 Å². The Morgan fingerprint density at radius 3 is 2.71 bits per heavy atom. The average Bonchev–Trinajstić information content (AvgIpc) is 2.48. The van der Waals surface area contributed by atoms with Crippen LogP contribution in [0.3, 0.4) is 0 Å². The van der Waals surface area contributed by atoms with E-state index >= 15 is 0 Å². The van der Waals surface area contributed by atoms with Crippen LogP contribution in [0.2, 0.25) is 0 Å². The van der Waals surface area contributed by atoms with Crippen LogP contribution in [0, 0.1) is 11.7 Å².